The standard InChI is InChI=1S/C12H8Cl2N4O3/c13-7-2-1-6(18(20)21)5-9(7)16-12(19)11-8(14)3-4-10(15)17-11/h1-5H,(H2,15,17)(H,16,19). The third-order valence-corrected chi connectivity index (χ3v) is 3.13. The molecule has 0 spiro atoms. The van der Waals surface area contributed by atoms with E-state index in [1.54, 1.807) is 0 Å². The predicted octanol–water partition coefficient (Wildman–Crippen LogP) is 3.13. The topological polar surface area (TPSA) is 111 Å². The Morgan fingerprint density at radius 1 is 1.24 bits per heavy atom. The van der Waals surface area contributed by atoms with Crippen molar-refractivity contribution in [1.29, 1.82) is 0 Å². The zero-order valence-electron chi connectivity index (χ0n) is 10.3. The number of nitro groups is 1. The van der Waals surface area contributed by atoms with Gasteiger partial charge in [0.05, 0.1) is 20.7 Å². The summed E-state index contributed by atoms with van der Waals surface area (Å²) in [5.41, 5.74) is 5.26. The van der Waals surface area contributed by atoms with Crippen LogP contribution in [0.5, 0.6) is 0 Å². The normalized spacial score (nSPS) is 10.2. The monoisotopic (exact) mass is 326 g/mol. The molecule has 2 rings (SSSR count). The van der Waals surface area contributed by atoms with Crippen LogP contribution in [-0.2, 0) is 0 Å². The number of rotatable bonds is 3. The number of pyridine rings is 1. The highest BCUT2D eigenvalue weighted by Gasteiger charge is 2.16. The predicted molar refractivity (Wildman–Crippen MR) is 79.7 cm³/mol. The lowest BCUT2D eigenvalue weighted by molar-refractivity contribution is -0.384. The second-order valence-electron chi connectivity index (χ2n) is 3.94. The molecule has 3 N–H and O–H groups in total. The number of nitrogen functional groups attached to an aromatic ring is 1. The van der Waals surface area contributed by atoms with Gasteiger partial charge >= 0.3 is 0 Å². The molecule has 21 heavy (non-hydrogen) atoms. The highest BCUT2D eigenvalue weighted by molar-refractivity contribution is 6.35. The number of nitrogens with zero attached hydrogens (tertiary/aromatic N) is 2. The summed E-state index contributed by atoms with van der Waals surface area (Å²) in [4.78, 5) is 26.0. The van der Waals surface area contributed by atoms with E-state index in [1.807, 2.05) is 0 Å². The van der Waals surface area contributed by atoms with Crippen molar-refractivity contribution in [2.45, 2.75) is 0 Å². The average molecular weight is 327 g/mol. The number of aromatic nitrogens is 1. The number of benzene rings is 1. The van der Waals surface area contributed by atoms with Gasteiger partial charge in [0.15, 0.2) is 0 Å². The van der Waals surface area contributed by atoms with Crippen molar-refractivity contribution >= 4 is 46.3 Å². The Morgan fingerprint density at radius 2 is 1.90 bits per heavy atom. The number of halogens is 2. The molecule has 0 aliphatic heterocycles. The SMILES string of the molecule is Nc1ccc(Cl)c(C(=O)Nc2cc([N+](=O)[O-])ccc2Cl)n1. The van der Waals surface area contributed by atoms with Gasteiger partial charge in [-0.3, -0.25) is 14.9 Å². The van der Waals surface area contributed by atoms with Crippen LogP contribution in [0.1, 0.15) is 10.5 Å². The van der Waals surface area contributed by atoms with E-state index >= 15 is 0 Å². The largest absolute Gasteiger partial charge is 0.384 e. The van der Waals surface area contributed by atoms with Gasteiger partial charge in [-0.15, -0.1) is 0 Å². The van der Waals surface area contributed by atoms with Crippen LogP contribution in [0.15, 0.2) is 30.3 Å². The average Bonchev–Trinajstić information content (AvgIpc) is 2.43. The molecule has 2 aromatic rings. The molecular weight excluding hydrogens is 319 g/mol. The van der Waals surface area contributed by atoms with Gasteiger partial charge in [-0.05, 0) is 18.2 Å². The molecule has 1 aromatic carbocycles. The fourth-order valence-corrected chi connectivity index (χ4v) is 1.88. The van der Waals surface area contributed by atoms with Crippen LogP contribution in [0, 0.1) is 10.1 Å². The summed E-state index contributed by atoms with van der Waals surface area (Å²) in [6, 6.07) is 6.54. The highest BCUT2D eigenvalue weighted by Crippen LogP contribution is 2.27. The summed E-state index contributed by atoms with van der Waals surface area (Å²) in [6.45, 7) is 0. The van der Waals surface area contributed by atoms with Gasteiger partial charge in [-0.25, -0.2) is 4.98 Å². The molecule has 0 aliphatic carbocycles. The lowest BCUT2D eigenvalue weighted by Crippen LogP contribution is -2.15. The molecule has 1 aromatic heterocycles. The van der Waals surface area contributed by atoms with Gasteiger partial charge in [0, 0.05) is 12.1 Å². The number of amides is 1. The van der Waals surface area contributed by atoms with Crippen molar-refractivity contribution < 1.29 is 9.72 Å². The molecule has 1 heterocycles. The number of anilines is 2. The van der Waals surface area contributed by atoms with Crippen molar-refractivity contribution in [2.75, 3.05) is 11.1 Å². The summed E-state index contributed by atoms with van der Waals surface area (Å²) in [5, 5.41) is 13.4. The molecule has 0 unspecified atom stereocenters. The fraction of sp³-hybridized carbons (Fsp3) is 0. The quantitative estimate of drug-likeness (QED) is 0.664. The van der Waals surface area contributed by atoms with Crippen molar-refractivity contribution in [3.05, 3.63) is 56.2 Å². The van der Waals surface area contributed by atoms with Gasteiger partial charge < -0.3 is 11.1 Å². The Hall–Kier alpha value is -2.38. The number of nitrogens with two attached hydrogens (primary N) is 1. The van der Waals surface area contributed by atoms with Gasteiger partial charge in [0.1, 0.15) is 11.5 Å². The lowest BCUT2D eigenvalue weighted by atomic mass is 10.2. The maximum absolute atomic E-state index is 12.1. The van der Waals surface area contributed by atoms with Crippen molar-refractivity contribution in [3.8, 4) is 0 Å². The zero-order chi connectivity index (χ0) is 15.6. The molecular formula is C12H8Cl2N4O3. The second-order valence-corrected chi connectivity index (χ2v) is 4.76. The molecule has 1 amide bonds. The molecule has 0 atom stereocenters. The Bertz CT molecular complexity index is 736. The van der Waals surface area contributed by atoms with E-state index in [4.69, 9.17) is 28.9 Å². The number of nitro benzene ring substituents is 1. The first kappa shape index (κ1) is 15.0. The Balaban J connectivity index is 2.33. The minimum atomic E-state index is -0.672. The van der Waals surface area contributed by atoms with Crippen LogP contribution in [0.4, 0.5) is 17.2 Å². The van der Waals surface area contributed by atoms with Gasteiger partial charge in [0.2, 0.25) is 0 Å². The van der Waals surface area contributed by atoms with Crippen LogP contribution in [0.25, 0.3) is 0 Å². The van der Waals surface area contributed by atoms with Crippen LogP contribution in [-0.4, -0.2) is 15.8 Å². The van der Waals surface area contributed by atoms with E-state index in [-0.39, 0.29) is 32.9 Å². The fourth-order valence-electron chi connectivity index (χ4n) is 1.52. The Kier molecular flexibility index (Phi) is 4.25. The van der Waals surface area contributed by atoms with Gasteiger partial charge in [-0.2, -0.15) is 0 Å². The van der Waals surface area contributed by atoms with Crippen molar-refractivity contribution in [1.82, 2.24) is 4.98 Å². The number of carbonyl (C=O) groups is 1. The minimum absolute atomic E-state index is 0.0798. The summed E-state index contributed by atoms with van der Waals surface area (Å²) in [5.74, 6) is -0.551. The molecule has 0 fully saturated rings. The molecule has 7 nitrogen and oxygen atoms in total. The molecule has 0 bridgehead atoms. The Morgan fingerprint density at radius 3 is 2.57 bits per heavy atom. The van der Waals surface area contributed by atoms with Crippen LogP contribution in [0.3, 0.4) is 0 Å². The number of hydrogen-bond donors (Lipinski definition) is 2. The molecule has 0 aliphatic rings. The summed E-state index contributed by atoms with van der Waals surface area (Å²) in [7, 11) is 0. The number of carbonyl (C=O) groups excluding carboxylic acids is 1. The van der Waals surface area contributed by atoms with Crippen molar-refractivity contribution in [2.24, 2.45) is 0 Å². The van der Waals surface area contributed by atoms with Crippen LogP contribution in [0.2, 0.25) is 10.0 Å². The van der Waals surface area contributed by atoms with E-state index in [1.165, 1.54) is 24.3 Å². The van der Waals surface area contributed by atoms with Gasteiger partial charge in [0.25, 0.3) is 11.6 Å². The zero-order valence-corrected chi connectivity index (χ0v) is 11.9. The number of nitrogens with one attached hydrogen (secondary N) is 1. The van der Waals surface area contributed by atoms with E-state index in [2.05, 4.69) is 10.3 Å². The van der Waals surface area contributed by atoms with Crippen LogP contribution < -0.4 is 11.1 Å². The summed E-state index contributed by atoms with van der Waals surface area (Å²) in [6.07, 6.45) is 0. The minimum Gasteiger partial charge on any atom is -0.384 e. The van der Waals surface area contributed by atoms with E-state index in [0.29, 0.717) is 0 Å². The highest BCUT2D eigenvalue weighted by atomic mass is 35.5. The third-order valence-electron chi connectivity index (χ3n) is 2.49. The first-order valence-electron chi connectivity index (χ1n) is 5.56. The van der Waals surface area contributed by atoms with Gasteiger partial charge in [-0.1, -0.05) is 23.2 Å². The van der Waals surface area contributed by atoms with Crippen molar-refractivity contribution in [3.63, 3.8) is 0 Å². The Labute approximate surface area is 128 Å². The van der Waals surface area contributed by atoms with Crippen LogP contribution >= 0.6 is 23.2 Å². The summed E-state index contributed by atoms with van der Waals surface area (Å²) >= 11 is 11.7. The second kappa shape index (κ2) is 5.94. The maximum Gasteiger partial charge on any atom is 0.275 e. The first-order chi connectivity index (χ1) is 9.88. The number of non-ortho nitro benzene ring substituents is 1. The van der Waals surface area contributed by atoms with E-state index < -0.39 is 10.8 Å². The smallest absolute Gasteiger partial charge is 0.275 e. The molecule has 9 heteroatoms. The molecule has 0 saturated carbocycles. The summed E-state index contributed by atoms with van der Waals surface area (Å²) < 4.78 is 0. The molecule has 0 saturated heterocycles. The molecule has 108 valence electrons. The van der Waals surface area contributed by atoms with E-state index in [0.717, 1.165) is 6.07 Å². The lowest BCUT2D eigenvalue weighted by Gasteiger charge is -2.08. The van der Waals surface area contributed by atoms with E-state index in [9.17, 15) is 14.9 Å². The third kappa shape index (κ3) is 3.39. The number of hydrogen-bond acceptors (Lipinski definition) is 5. The molecule has 0 radical (unpaired) electrons. The first-order valence-corrected chi connectivity index (χ1v) is 6.31. The maximum atomic E-state index is 12.1.